The van der Waals surface area contributed by atoms with Crippen molar-refractivity contribution >= 4 is 22.1 Å². The van der Waals surface area contributed by atoms with Crippen LogP contribution in [0.25, 0.3) is 0 Å². The first-order valence-electron chi connectivity index (χ1n) is 7.77. The molecule has 0 aromatic rings. The van der Waals surface area contributed by atoms with Crippen molar-refractivity contribution in [1.82, 2.24) is 14.3 Å². The van der Waals surface area contributed by atoms with Crippen LogP contribution in [0.5, 0.6) is 0 Å². The first kappa shape index (κ1) is 19.9. The van der Waals surface area contributed by atoms with Crippen molar-refractivity contribution < 1.29 is 22.7 Å². The van der Waals surface area contributed by atoms with E-state index in [0.717, 1.165) is 4.31 Å². The molecule has 2 N–H and O–H groups in total. The lowest BCUT2D eigenvalue weighted by Gasteiger charge is -2.27. The van der Waals surface area contributed by atoms with Crippen molar-refractivity contribution in [2.45, 2.75) is 65.1 Å². The van der Waals surface area contributed by atoms with E-state index in [1.54, 1.807) is 27.7 Å². The predicted molar refractivity (Wildman–Crippen MR) is 85.8 cm³/mol. The third kappa shape index (κ3) is 5.74. The second kappa shape index (κ2) is 7.59. The maximum Gasteiger partial charge on any atom is 0.325 e. The molecule has 1 amide bonds. The Hall–Kier alpha value is -1.19. The number of nitrogens with one attached hydrogen (secondary N) is 2. The Balaban J connectivity index is 2.82. The van der Waals surface area contributed by atoms with Gasteiger partial charge in [0.1, 0.15) is 11.6 Å². The van der Waals surface area contributed by atoms with Crippen LogP contribution in [0, 0.1) is 0 Å². The van der Waals surface area contributed by atoms with E-state index in [1.165, 1.54) is 6.92 Å². The number of likely N-dealkylation sites (N-methyl/N-ethyl adjacent to an activating group) is 1. The number of amides is 1. The molecule has 0 radical (unpaired) electrons. The Bertz CT molecular complexity index is 541. The van der Waals surface area contributed by atoms with Crippen LogP contribution in [0.3, 0.4) is 0 Å². The summed E-state index contributed by atoms with van der Waals surface area (Å²) in [6.07, 6.45) is 0.978. The van der Waals surface area contributed by atoms with Gasteiger partial charge >= 0.3 is 5.97 Å². The van der Waals surface area contributed by atoms with Gasteiger partial charge in [0, 0.05) is 13.1 Å². The topological polar surface area (TPSA) is 105 Å². The lowest BCUT2D eigenvalue weighted by atomic mass is 10.2. The Morgan fingerprint density at radius 3 is 2.48 bits per heavy atom. The molecular weight excluding hydrogens is 322 g/mol. The number of nitrogens with zero attached hydrogens (tertiary/aromatic N) is 1. The van der Waals surface area contributed by atoms with Crippen molar-refractivity contribution in [3.63, 3.8) is 0 Å². The molecule has 1 fully saturated rings. The van der Waals surface area contributed by atoms with Gasteiger partial charge in [0.15, 0.2) is 0 Å². The minimum Gasteiger partial charge on any atom is -0.459 e. The summed E-state index contributed by atoms with van der Waals surface area (Å²) in [6.45, 7) is 9.03. The van der Waals surface area contributed by atoms with Crippen molar-refractivity contribution in [2.75, 3.05) is 13.1 Å². The smallest absolute Gasteiger partial charge is 0.325 e. The molecule has 134 valence electrons. The molecule has 1 rings (SSSR count). The van der Waals surface area contributed by atoms with Gasteiger partial charge in [0.05, 0.1) is 6.04 Å². The molecule has 0 unspecified atom stereocenters. The highest BCUT2D eigenvalue weighted by molar-refractivity contribution is 7.87. The lowest BCUT2D eigenvalue weighted by Crippen LogP contribution is -2.53. The summed E-state index contributed by atoms with van der Waals surface area (Å²) in [5.74, 6) is -0.977. The number of carbonyl (C=O) groups excluding carboxylic acids is 2. The fourth-order valence-corrected chi connectivity index (χ4v) is 3.89. The van der Waals surface area contributed by atoms with Crippen molar-refractivity contribution in [2.24, 2.45) is 0 Å². The molecule has 2 atom stereocenters. The van der Waals surface area contributed by atoms with Crippen LogP contribution in [0.15, 0.2) is 0 Å². The zero-order chi connectivity index (χ0) is 17.8. The normalized spacial score (nSPS) is 21.0. The highest BCUT2D eigenvalue weighted by Crippen LogP contribution is 2.23. The van der Waals surface area contributed by atoms with Gasteiger partial charge in [0.25, 0.3) is 10.2 Å². The lowest BCUT2D eigenvalue weighted by molar-refractivity contribution is -0.158. The average Bonchev–Trinajstić information content (AvgIpc) is 2.86. The Labute approximate surface area is 138 Å². The van der Waals surface area contributed by atoms with E-state index in [4.69, 9.17) is 4.74 Å². The molecular formula is C14H27N3O5S. The Morgan fingerprint density at radius 1 is 1.35 bits per heavy atom. The first-order valence-corrected chi connectivity index (χ1v) is 9.21. The zero-order valence-corrected chi connectivity index (χ0v) is 15.2. The van der Waals surface area contributed by atoms with Crippen LogP contribution in [-0.2, 0) is 24.5 Å². The second-order valence-electron chi connectivity index (χ2n) is 6.54. The summed E-state index contributed by atoms with van der Waals surface area (Å²) in [6, 6.07) is -1.77. The molecule has 0 aromatic carbocycles. The van der Waals surface area contributed by atoms with Gasteiger partial charge in [-0.25, -0.2) is 0 Å². The zero-order valence-electron chi connectivity index (χ0n) is 14.4. The quantitative estimate of drug-likeness (QED) is 0.664. The molecule has 1 heterocycles. The molecule has 0 spiro atoms. The van der Waals surface area contributed by atoms with Crippen LogP contribution < -0.4 is 10.0 Å². The molecule has 1 saturated heterocycles. The predicted octanol–water partition coefficient (Wildman–Crippen LogP) is 0.152. The van der Waals surface area contributed by atoms with Gasteiger partial charge in [-0.05, 0) is 47.5 Å². The van der Waals surface area contributed by atoms with Crippen molar-refractivity contribution in [3.05, 3.63) is 0 Å². The number of hydrogen-bond donors (Lipinski definition) is 2. The second-order valence-corrected chi connectivity index (χ2v) is 8.20. The van der Waals surface area contributed by atoms with E-state index < -0.39 is 39.8 Å². The third-order valence-corrected chi connectivity index (χ3v) is 4.97. The molecule has 0 saturated carbocycles. The average molecular weight is 349 g/mol. The van der Waals surface area contributed by atoms with E-state index in [-0.39, 0.29) is 6.54 Å². The fraction of sp³-hybridized carbons (Fsp3) is 0.857. The molecule has 23 heavy (non-hydrogen) atoms. The summed E-state index contributed by atoms with van der Waals surface area (Å²) < 4.78 is 33.6. The molecule has 8 nitrogen and oxygen atoms in total. The van der Waals surface area contributed by atoms with E-state index in [1.807, 2.05) is 0 Å². The summed E-state index contributed by atoms with van der Waals surface area (Å²) in [5, 5.41) is 2.55. The molecule has 0 aromatic heterocycles. The van der Waals surface area contributed by atoms with Crippen LogP contribution in [0.2, 0.25) is 0 Å². The number of esters is 1. The van der Waals surface area contributed by atoms with Gasteiger partial charge in [0.2, 0.25) is 5.91 Å². The summed E-state index contributed by atoms with van der Waals surface area (Å²) >= 11 is 0. The standard InChI is InChI=1S/C14H27N3O5S/c1-6-15-12(18)10(2)16-23(20,21)17-9-7-8-11(17)13(19)22-14(3,4)5/h10-11,16H,6-9H2,1-5H3,(H,15,18)/t10-,11+/m1/s1. The maximum atomic E-state index is 12.5. The van der Waals surface area contributed by atoms with E-state index in [0.29, 0.717) is 19.4 Å². The van der Waals surface area contributed by atoms with Gasteiger partial charge < -0.3 is 10.1 Å². The molecule has 0 aliphatic carbocycles. The molecule has 9 heteroatoms. The molecule has 0 bridgehead atoms. The van der Waals surface area contributed by atoms with Crippen LogP contribution in [0.4, 0.5) is 0 Å². The summed E-state index contributed by atoms with van der Waals surface area (Å²) in [5.41, 5.74) is -0.684. The summed E-state index contributed by atoms with van der Waals surface area (Å²) in [4.78, 5) is 23.9. The Morgan fingerprint density at radius 2 is 1.96 bits per heavy atom. The number of ether oxygens (including phenoxy) is 1. The maximum absolute atomic E-state index is 12.5. The monoisotopic (exact) mass is 349 g/mol. The number of rotatable bonds is 6. The highest BCUT2D eigenvalue weighted by atomic mass is 32.2. The fourth-order valence-electron chi connectivity index (χ4n) is 2.31. The number of carbonyl (C=O) groups is 2. The highest BCUT2D eigenvalue weighted by Gasteiger charge is 2.41. The summed E-state index contributed by atoms with van der Waals surface area (Å²) in [7, 11) is -3.95. The first-order chi connectivity index (χ1) is 10.5. The minimum absolute atomic E-state index is 0.224. The van der Waals surface area contributed by atoms with Gasteiger partial charge in [-0.1, -0.05) is 0 Å². The van der Waals surface area contributed by atoms with Crippen LogP contribution in [0.1, 0.15) is 47.5 Å². The van der Waals surface area contributed by atoms with Crippen molar-refractivity contribution in [3.8, 4) is 0 Å². The van der Waals surface area contributed by atoms with Crippen molar-refractivity contribution in [1.29, 1.82) is 0 Å². The molecule has 1 aliphatic heterocycles. The minimum atomic E-state index is -3.95. The Kier molecular flexibility index (Phi) is 6.55. The SMILES string of the molecule is CCNC(=O)[C@@H](C)NS(=O)(=O)N1CCC[C@H]1C(=O)OC(C)(C)C. The molecule has 1 aliphatic rings. The van der Waals surface area contributed by atoms with Gasteiger partial charge in [-0.3, -0.25) is 9.59 Å². The van der Waals surface area contributed by atoms with Gasteiger partial charge in [-0.2, -0.15) is 17.4 Å². The van der Waals surface area contributed by atoms with Crippen LogP contribution >= 0.6 is 0 Å². The van der Waals surface area contributed by atoms with E-state index in [9.17, 15) is 18.0 Å². The number of hydrogen-bond acceptors (Lipinski definition) is 5. The van der Waals surface area contributed by atoms with Gasteiger partial charge in [-0.15, -0.1) is 0 Å². The third-order valence-electron chi connectivity index (χ3n) is 3.26. The van der Waals surface area contributed by atoms with E-state index in [2.05, 4.69) is 10.0 Å². The largest absolute Gasteiger partial charge is 0.459 e. The van der Waals surface area contributed by atoms with Crippen LogP contribution in [-0.4, -0.2) is 55.4 Å². The van der Waals surface area contributed by atoms with E-state index >= 15 is 0 Å².